The first kappa shape index (κ1) is 21.7. The van der Waals surface area contributed by atoms with Gasteiger partial charge in [-0.3, -0.25) is 0 Å². The van der Waals surface area contributed by atoms with Crippen molar-refractivity contribution < 1.29 is 5.11 Å². The van der Waals surface area contributed by atoms with E-state index in [1.165, 1.54) is 38.5 Å². The fourth-order valence-corrected chi connectivity index (χ4v) is 8.10. The lowest BCUT2D eigenvalue weighted by atomic mass is 9.47. The van der Waals surface area contributed by atoms with E-state index >= 15 is 0 Å². The highest BCUT2D eigenvalue weighted by Crippen LogP contribution is 2.66. The molecule has 0 heterocycles. The van der Waals surface area contributed by atoms with Crippen LogP contribution in [0, 0.1) is 52.3 Å². The molecule has 3 saturated carbocycles. The van der Waals surface area contributed by atoms with Gasteiger partial charge in [-0.25, -0.2) is 0 Å². The van der Waals surface area contributed by atoms with Crippen molar-refractivity contribution in [2.75, 3.05) is 0 Å². The molecule has 1 N–H and O–H groups in total. The SMILES string of the molecule is CC(C)[C@@H](C)C=C[C@@H](C)[C@H]1CC[C@H]2C3=CCC4CC(O)CC[C@]4(C)[C@H]3CC[C@]12C. The highest BCUT2D eigenvalue weighted by molar-refractivity contribution is 5.28. The zero-order valence-corrected chi connectivity index (χ0v) is 20.0. The molecule has 0 aliphatic heterocycles. The second kappa shape index (κ2) is 7.85. The van der Waals surface area contributed by atoms with Crippen molar-refractivity contribution in [1.29, 1.82) is 0 Å². The van der Waals surface area contributed by atoms with E-state index in [0.717, 1.165) is 36.5 Å². The summed E-state index contributed by atoms with van der Waals surface area (Å²) < 4.78 is 0. The Labute approximate surface area is 180 Å². The Morgan fingerprint density at radius 1 is 0.931 bits per heavy atom. The van der Waals surface area contributed by atoms with Crippen LogP contribution in [-0.4, -0.2) is 11.2 Å². The van der Waals surface area contributed by atoms with Gasteiger partial charge in [0.15, 0.2) is 0 Å². The maximum atomic E-state index is 10.2. The molecular formula is C28H46O. The Kier molecular flexibility index (Phi) is 5.86. The van der Waals surface area contributed by atoms with Crippen molar-refractivity contribution in [2.45, 2.75) is 99.0 Å². The third-order valence-electron chi connectivity index (χ3n) is 10.5. The Morgan fingerprint density at radius 2 is 1.62 bits per heavy atom. The third-order valence-corrected chi connectivity index (χ3v) is 10.5. The predicted molar refractivity (Wildman–Crippen MR) is 124 cm³/mol. The van der Waals surface area contributed by atoms with Crippen LogP contribution < -0.4 is 0 Å². The van der Waals surface area contributed by atoms with Crippen molar-refractivity contribution in [2.24, 2.45) is 52.3 Å². The molecular weight excluding hydrogens is 352 g/mol. The van der Waals surface area contributed by atoms with Gasteiger partial charge in [-0.1, -0.05) is 65.3 Å². The van der Waals surface area contributed by atoms with Gasteiger partial charge in [0.25, 0.3) is 0 Å². The van der Waals surface area contributed by atoms with E-state index in [1.54, 1.807) is 0 Å². The number of aliphatic hydroxyl groups excluding tert-OH is 1. The van der Waals surface area contributed by atoms with Gasteiger partial charge in [0.1, 0.15) is 0 Å². The topological polar surface area (TPSA) is 20.2 Å². The molecule has 1 nitrogen and oxygen atoms in total. The molecule has 0 saturated heterocycles. The van der Waals surface area contributed by atoms with Crippen LogP contribution in [0.3, 0.4) is 0 Å². The molecule has 0 aromatic carbocycles. The third kappa shape index (κ3) is 3.58. The van der Waals surface area contributed by atoms with Crippen LogP contribution in [0.2, 0.25) is 0 Å². The molecule has 0 bridgehead atoms. The molecule has 4 rings (SSSR count). The summed E-state index contributed by atoms with van der Waals surface area (Å²) >= 11 is 0. The Morgan fingerprint density at radius 3 is 2.34 bits per heavy atom. The van der Waals surface area contributed by atoms with Gasteiger partial charge in [-0.2, -0.15) is 0 Å². The smallest absolute Gasteiger partial charge is 0.0543 e. The van der Waals surface area contributed by atoms with Crippen LogP contribution in [0.1, 0.15) is 92.9 Å². The molecule has 4 aliphatic rings. The fourth-order valence-electron chi connectivity index (χ4n) is 8.10. The maximum Gasteiger partial charge on any atom is 0.0543 e. The molecule has 0 aromatic heterocycles. The van der Waals surface area contributed by atoms with Gasteiger partial charge in [0.05, 0.1) is 6.10 Å². The van der Waals surface area contributed by atoms with E-state index in [4.69, 9.17) is 0 Å². The van der Waals surface area contributed by atoms with Gasteiger partial charge < -0.3 is 5.11 Å². The molecule has 1 heteroatoms. The average Bonchev–Trinajstić information content (AvgIpc) is 3.03. The van der Waals surface area contributed by atoms with Gasteiger partial charge in [-0.05, 0) is 104 Å². The molecule has 2 unspecified atom stereocenters. The first-order valence-corrected chi connectivity index (χ1v) is 12.7. The fraction of sp³-hybridized carbons (Fsp3) is 0.857. The summed E-state index contributed by atoms with van der Waals surface area (Å²) in [5.74, 6) is 5.25. The van der Waals surface area contributed by atoms with Crippen molar-refractivity contribution in [3.8, 4) is 0 Å². The second-order valence-electron chi connectivity index (χ2n) is 12.3. The van der Waals surface area contributed by atoms with E-state index in [0.29, 0.717) is 28.6 Å². The normalized spacial score (nSPS) is 46.8. The predicted octanol–water partition coefficient (Wildman–Crippen LogP) is 7.41. The van der Waals surface area contributed by atoms with Crippen LogP contribution in [-0.2, 0) is 0 Å². The van der Waals surface area contributed by atoms with Gasteiger partial charge in [-0.15, -0.1) is 0 Å². The van der Waals surface area contributed by atoms with Gasteiger partial charge in [0, 0.05) is 0 Å². The van der Waals surface area contributed by atoms with Crippen molar-refractivity contribution >= 4 is 0 Å². The highest BCUT2D eigenvalue weighted by Gasteiger charge is 2.57. The summed E-state index contributed by atoms with van der Waals surface area (Å²) in [5, 5.41) is 10.2. The zero-order valence-electron chi connectivity index (χ0n) is 20.0. The summed E-state index contributed by atoms with van der Waals surface area (Å²) in [6.45, 7) is 14.7. The lowest BCUT2D eigenvalue weighted by Crippen LogP contribution is -2.49. The van der Waals surface area contributed by atoms with E-state index in [2.05, 4.69) is 59.8 Å². The van der Waals surface area contributed by atoms with Crippen molar-refractivity contribution in [1.82, 2.24) is 0 Å². The quantitative estimate of drug-likeness (QED) is 0.489. The molecule has 0 aromatic rings. The molecule has 4 aliphatic carbocycles. The molecule has 164 valence electrons. The minimum atomic E-state index is -0.0476. The van der Waals surface area contributed by atoms with Gasteiger partial charge in [0.2, 0.25) is 0 Å². The maximum absolute atomic E-state index is 10.2. The lowest BCUT2D eigenvalue weighted by Gasteiger charge is -2.57. The number of rotatable bonds is 4. The number of hydrogen-bond donors (Lipinski definition) is 1. The number of fused-ring (bicyclic) bond motifs is 5. The van der Waals surface area contributed by atoms with Crippen LogP contribution in [0.15, 0.2) is 23.8 Å². The molecule has 3 fully saturated rings. The standard InChI is InChI=1S/C28H46O/c1-18(2)19(3)7-8-20(4)24-11-12-25-23-10-9-21-17-22(29)13-15-27(21,5)26(23)14-16-28(24,25)6/h7-8,10,18-22,24-26,29H,9,11-17H2,1-6H3/t19-,20+,21?,22?,24+,25-,26-,27-,28+/m0/s1. The summed E-state index contributed by atoms with van der Waals surface area (Å²) in [7, 11) is 0. The molecule has 9 atom stereocenters. The van der Waals surface area contributed by atoms with Crippen LogP contribution in [0.5, 0.6) is 0 Å². The summed E-state index contributed by atoms with van der Waals surface area (Å²) in [6.07, 6.45) is 17.8. The molecule has 29 heavy (non-hydrogen) atoms. The summed E-state index contributed by atoms with van der Waals surface area (Å²) in [5.41, 5.74) is 2.79. The zero-order chi connectivity index (χ0) is 21.0. The average molecular weight is 399 g/mol. The minimum absolute atomic E-state index is 0.0476. The number of hydrogen-bond acceptors (Lipinski definition) is 1. The van der Waals surface area contributed by atoms with E-state index in [-0.39, 0.29) is 6.10 Å². The van der Waals surface area contributed by atoms with Crippen LogP contribution in [0.25, 0.3) is 0 Å². The summed E-state index contributed by atoms with van der Waals surface area (Å²) in [6, 6.07) is 0. The van der Waals surface area contributed by atoms with Crippen molar-refractivity contribution in [3.63, 3.8) is 0 Å². The van der Waals surface area contributed by atoms with E-state index < -0.39 is 0 Å². The Hall–Kier alpha value is -0.560. The second-order valence-corrected chi connectivity index (χ2v) is 12.3. The molecule has 0 spiro atoms. The van der Waals surface area contributed by atoms with E-state index in [9.17, 15) is 5.11 Å². The Balaban J connectivity index is 1.54. The van der Waals surface area contributed by atoms with E-state index in [1.807, 2.05) is 5.57 Å². The minimum Gasteiger partial charge on any atom is -0.393 e. The molecule has 0 amide bonds. The highest BCUT2D eigenvalue weighted by atomic mass is 16.3. The van der Waals surface area contributed by atoms with Crippen LogP contribution in [0.4, 0.5) is 0 Å². The number of aliphatic hydroxyl groups is 1. The van der Waals surface area contributed by atoms with Gasteiger partial charge >= 0.3 is 0 Å². The number of allylic oxidation sites excluding steroid dienone is 4. The first-order valence-electron chi connectivity index (χ1n) is 12.7. The van der Waals surface area contributed by atoms with Crippen molar-refractivity contribution in [3.05, 3.63) is 23.8 Å². The molecule has 0 radical (unpaired) electrons. The monoisotopic (exact) mass is 398 g/mol. The summed E-state index contributed by atoms with van der Waals surface area (Å²) in [4.78, 5) is 0. The van der Waals surface area contributed by atoms with Crippen LogP contribution >= 0.6 is 0 Å². The lowest BCUT2D eigenvalue weighted by molar-refractivity contribution is -0.0414. The first-order chi connectivity index (χ1) is 13.7. The Bertz CT molecular complexity index is 659. The largest absolute Gasteiger partial charge is 0.393 e.